The second kappa shape index (κ2) is 7.26. The molecule has 1 aromatic rings. The van der Waals surface area contributed by atoms with Gasteiger partial charge in [-0.05, 0) is 25.0 Å². The highest BCUT2D eigenvalue weighted by Crippen LogP contribution is 2.23. The van der Waals surface area contributed by atoms with E-state index in [0.717, 1.165) is 12.2 Å². The van der Waals surface area contributed by atoms with Crippen molar-refractivity contribution in [3.05, 3.63) is 30.3 Å². The van der Waals surface area contributed by atoms with Gasteiger partial charge >= 0.3 is 0 Å². The van der Waals surface area contributed by atoms with Crippen molar-refractivity contribution in [3.63, 3.8) is 0 Å². The maximum atomic E-state index is 12.1. The largest absolute Gasteiger partial charge is 0.329 e. The molecule has 3 N–H and O–H groups in total. The van der Waals surface area contributed by atoms with Gasteiger partial charge in [-0.1, -0.05) is 31.0 Å². The zero-order chi connectivity index (χ0) is 13.5. The summed E-state index contributed by atoms with van der Waals surface area (Å²) in [5, 5.41) is 2.93. The van der Waals surface area contributed by atoms with E-state index in [-0.39, 0.29) is 5.91 Å². The third kappa shape index (κ3) is 4.33. The number of anilines is 1. The Bertz CT molecular complexity index is 388. The highest BCUT2D eigenvalue weighted by atomic mass is 16.2. The quantitative estimate of drug-likeness (QED) is 0.821. The average Bonchev–Trinajstić information content (AvgIpc) is 2.93. The third-order valence-corrected chi connectivity index (χ3v) is 3.66. The Kier molecular flexibility index (Phi) is 5.36. The van der Waals surface area contributed by atoms with Gasteiger partial charge in [-0.25, -0.2) is 0 Å². The molecule has 2 rings (SSSR count). The standard InChI is InChI=1S/C15H23N3O/c16-10-11-18(14-8-4-5-9-14)12-15(19)17-13-6-2-1-3-7-13/h1-3,6-7,14H,4-5,8-12,16H2,(H,17,19). The summed E-state index contributed by atoms with van der Waals surface area (Å²) in [6.45, 7) is 1.85. The molecule has 19 heavy (non-hydrogen) atoms. The van der Waals surface area contributed by atoms with E-state index in [2.05, 4.69) is 10.2 Å². The molecule has 1 saturated carbocycles. The first kappa shape index (κ1) is 14.0. The molecule has 0 aromatic heterocycles. The van der Waals surface area contributed by atoms with Crippen molar-refractivity contribution in [2.24, 2.45) is 5.73 Å². The molecule has 0 bridgehead atoms. The molecule has 0 atom stereocenters. The van der Waals surface area contributed by atoms with Crippen molar-refractivity contribution in [3.8, 4) is 0 Å². The fourth-order valence-corrected chi connectivity index (χ4v) is 2.73. The van der Waals surface area contributed by atoms with Crippen LogP contribution in [0.5, 0.6) is 0 Å². The van der Waals surface area contributed by atoms with Gasteiger partial charge in [-0.15, -0.1) is 0 Å². The van der Waals surface area contributed by atoms with Crippen molar-refractivity contribution in [2.75, 3.05) is 25.0 Å². The van der Waals surface area contributed by atoms with Gasteiger partial charge in [0.1, 0.15) is 0 Å². The summed E-state index contributed by atoms with van der Waals surface area (Å²) in [6.07, 6.45) is 4.93. The number of benzene rings is 1. The smallest absolute Gasteiger partial charge is 0.238 e. The first-order valence-corrected chi connectivity index (χ1v) is 7.08. The molecule has 1 amide bonds. The summed E-state index contributed by atoms with van der Waals surface area (Å²) in [4.78, 5) is 14.3. The van der Waals surface area contributed by atoms with Crippen LogP contribution in [0.2, 0.25) is 0 Å². The second-order valence-corrected chi connectivity index (χ2v) is 5.11. The molecule has 0 saturated heterocycles. The number of amides is 1. The van der Waals surface area contributed by atoms with Crippen LogP contribution in [-0.4, -0.2) is 36.5 Å². The van der Waals surface area contributed by atoms with Gasteiger partial charge in [-0.3, -0.25) is 9.69 Å². The Labute approximate surface area is 115 Å². The number of nitrogens with one attached hydrogen (secondary N) is 1. The van der Waals surface area contributed by atoms with Crippen molar-refractivity contribution in [1.82, 2.24) is 4.90 Å². The van der Waals surface area contributed by atoms with Crippen molar-refractivity contribution in [1.29, 1.82) is 0 Å². The Balaban J connectivity index is 1.87. The van der Waals surface area contributed by atoms with Crippen molar-refractivity contribution >= 4 is 11.6 Å². The van der Waals surface area contributed by atoms with E-state index < -0.39 is 0 Å². The van der Waals surface area contributed by atoms with E-state index >= 15 is 0 Å². The fourth-order valence-electron chi connectivity index (χ4n) is 2.73. The lowest BCUT2D eigenvalue weighted by atomic mass is 10.2. The number of hydrogen-bond acceptors (Lipinski definition) is 3. The van der Waals surface area contributed by atoms with Crippen LogP contribution in [0.1, 0.15) is 25.7 Å². The van der Waals surface area contributed by atoms with Crippen molar-refractivity contribution < 1.29 is 4.79 Å². The molecule has 0 radical (unpaired) electrons. The highest BCUT2D eigenvalue weighted by Gasteiger charge is 2.23. The fraction of sp³-hybridized carbons (Fsp3) is 0.533. The van der Waals surface area contributed by atoms with Crippen LogP contribution >= 0.6 is 0 Å². The second-order valence-electron chi connectivity index (χ2n) is 5.11. The summed E-state index contributed by atoms with van der Waals surface area (Å²) in [5.74, 6) is 0.0477. The van der Waals surface area contributed by atoms with E-state index in [1.54, 1.807) is 0 Å². The molecule has 104 valence electrons. The van der Waals surface area contributed by atoms with E-state index in [1.165, 1.54) is 25.7 Å². The predicted octanol–water partition coefficient (Wildman–Crippen LogP) is 1.83. The Morgan fingerprint density at radius 3 is 2.58 bits per heavy atom. The van der Waals surface area contributed by atoms with Gasteiger partial charge in [0, 0.05) is 24.8 Å². The van der Waals surface area contributed by atoms with Gasteiger partial charge in [-0.2, -0.15) is 0 Å². The summed E-state index contributed by atoms with van der Waals surface area (Å²) < 4.78 is 0. The highest BCUT2D eigenvalue weighted by molar-refractivity contribution is 5.92. The zero-order valence-electron chi connectivity index (χ0n) is 11.3. The van der Waals surface area contributed by atoms with Gasteiger partial charge in [0.05, 0.1) is 6.54 Å². The van der Waals surface area contributed by atoms with Crippen LogP contribution < -0.4 is 11.1 Å². The number of para-hydroxylation sites is 1. The predicted molar refractivity (Wildman–Crippen MR) is 78.0 cm³/mol. The van der Waals surface area contributed by atoms with E-state index in [1.807, 2.05) is 30.3 Å². The molecule has 0 aliphatic heterocycles. The zero-order valence-corrected chi connectivity index (χ0v) is 11.3. The number of nitrogens with two attached hydrogens (primary N) is 1. The maximum Gasteiger partial charge on any atom is 0.238 e. The monoisotopic (exact) mass is 261 g/mol. The third-order valence-electron chi connectivity index (χ3n) is 3.66. The minimum Gasteiger partial charge on any atom is -0.329 e. The lowest BCUT2D eigenvalue weighted by Crippen LogP contribution is -2.42. The van der Waals surface area contributed by atoms with Gasteiger partial charge in [0.15, 0.2) is 0 Å². The number of carbonyl (C=O) groups is 1. The van der Waals surface area contributed by atoms with Crippen LogP contribution in [0.25, 0.3) is 0 Å². The summed E-state index contributed by atoms with van der Waals surface area (Å²) in [7, 11) is 0. The Morgan fingerprint density at radius 2 is 1.95 bits per heavy atom. The van der Waals surface area contributed by atoms with Crippen LogP contribution in [-0.2, 0) is 4.79 Å². The molecule has 0 unspecified atom stereocenters. The lowest BCUT2D eigenvalue weighted by Gasteiger charge is -2.27. The van der Waals surface area contributed by atoms with Crippen LogP contribution in [0, 0.1) is 0 Å². The molecule has 1 fully saturated rings. The molecule has 4 nitrogen and oxygen atoms in total. The molecular weight excluding hydrogens is 238 g/mol. The van der Waals surface area contributed by atoms with Crippen molar-refractivity contribution in [2.45, 2.75) is 31.7 Å². The number of hydrogen-bond donors (Lipinski definition) is 2. The molecule has 4 heteroatoms. The first-order valence-electron chi connectivity index (χ1n) is 7.08. The minimum absolute atomic E-state index is 0.0477. The average molecular weight is 261 g/mol. The number of nitrogens with zero attached hydrogens (tertiary/aromatic N) is 1. The maximum absolute atomic E-state index is 12.1. The van der Waals surface area contributed by atoms with Gasteiger partial charge in [0.25, 0.3) is 0 Å². The van der Waals surface area contributed by atoms with Gasteiger partial charge in [0.2, 0.25) is 5.91 Å². The SMILES string of the molecule is NCCN(CC(=O)Nc1ccccc1)C1CCCC1. The number of rotatable bonds is 6. The Morgan fingerprint density at radius 1 is 1.26 bits per heavy atom. The first-order chi connectivity index (χ1) is 9.29. The topological polar surface area (TPSA) is 58.4 Å². The van der Waals surface area contributed by atoms with Gasteiger partial charge < -0.3 is 11.1 Å². The molecular formula is C15H23N3O. The normalized spacial score (nSPS) is 15.9. The molecule has 1 aliphatic rings. The van der Waals surface area contributed by atoms with E-state index in [0.29, 0.717) is 19.1 Å². The summed E-state index contributed by atoms with van der Waals surface area (Å²) >= 11 is 0. The van der Waals surface area contributed by atoms with Crippen LogP contribution in [0.15, 0.2) is 30.3 Å². The Hall–Kier alpha value is -1.39. The molecule has 0 heterocycles. The lowest BCUT2D eigenvalue weighted by molar-refractivity contribution is -0.117. The van der Waals surface area contributed by atoms with E-state index in [9.17, 15) is 4.79 Å². The summed E-state index contributed by atoms with van der Waals surface area (Å²) in [6, 6.07) is 10.1. The molecule has 1 aliphatic carbocycles. The number of carbonyl (C=O) groups excluding carboxylic acids is 1. The van der Waals surface area contributed by atoms with E-state index in [4.69, 9.17) is 5.73 Å². The summed E-state index contributed by atoms with van der Waals surface area (Å²) in [5.41, 5.74) is 6.51. The minimum atomic E-state index is 0.0477. The molecule has 0 spiro atoms. The molecule has 1 aromatic carbocycles. The van der Waals surface area contributed by atoms with Crippen LogP contribution in [0.3, 0.4) is 0 Å². The van der Waals surface area contributed by atoms with Crippen LogP contribution in [0.4, 0.5) is 5.69 Å².